The predicted molar refractivity (Wildman–Crippen MR) is 104 cm³/mol. The molecular weight excluding hydrogens is 306 g/mol. The van der Waals surface area contributed by atoms with Gasteiger partial charge in [-0.2, -0.15) is 0 Å². The van der Waals surface area contributed by atoms with Crippen LogP contribution in [0.2, 0.25) is 0 Å². The summed E-state index contributed by atoms with van der Waals surface area (Å²) in [6.07, 6.45) is 3.66. The minimum atomic E-state index is 0.421. The van der Waals surface area contributed by atoms with E-state index in [0.717, 1.165) is 31.1 Å². The van der Waals surface area contributed by atoms with Crippen LogP contribution in [0.1, 0.15) is 24.0 Å². The van der Waals surface area contributed by atoms with Gasteiger partial charge in [0.25, 0.3) is 0 Å². The Morgan fingerprint density at radius 2 is 1.56 bits per heavy atom. The molecule has 25 heavy (non-hydrogen) atoms. The quantitative estimate of drug-likeness (QED) is 0.727. The van der Waals surface area contributed by atoms with Crippen LogP contribution in [0.4, 0.5) is 0 Å². The Balaban J connectivity index is 1.41. The SMILES string of the molecule is Oc1ccc2ccccc2c1CN1CCC(Cc2ccccc2)CC1. The van der Waals surface area contributed by atoms with Crippen molar-refractivity contribution < 1.29 is 5.11 Å². The average Bonchev–Trinajstić information content (AvgIpc) is 2.66. The van der Waals surface area contributed by atoms with Crippen molar-refractivity contribution in [3.63, 3.8) is 0 Å². The zero-order valence-electron chi connectivity index (χ0n) is 14.6. The van der Waals surface area contributed by atoms with Gasteiger partial charge in [0.1, 0.15) is 5.75 Å². The fourth-order valence-corrected chi connectivity index (χ4v) is 4.01. The van der Waals surface area contributed by atoms with Crippen LogP contribution in [0.25, 0.3) is 10.8 Å². The van der Waals surface area contributed by atoms with Gasteiger partial charge in [-0.15, -0.1) is 0 Å². The molecule has 0 aromatic heterocycles. The number of piperidine rings is 1. The van der Waals surface area contributed by atoms with E-state index in [1.54, 1.807) is 0 Å². The molecule has 0 radical (unpaired) electrons. The zero-order valence-corrected chi connectivity index (χ0v) is 14.6. The highest BCUT2D eigenvalue weighted by atomic mass is 16.3. The highest BCUT2D eigenvalue weighted by Crippen LogP contribution is 2.30. The van der Waals surface area contributed by atoms with E-state index in [1.807, 2.05) is 12.1 Å². The second-order valence-electron chi connectivity index (χ2n) is 7.19. The van der Waals surface area contributed by atoms with E-state index >= 15 is 0 Å². The first-order chi connectivity index (χ1) is 12.3. The van der Waals surface area contributed by atoms with Crippen molar-refractivity contribution in [1.82, 2.24) is 4.90 Å². The third-order valence-electron chi connectivity index (χ3n) is 5.47. The third kappa shape index (κ3) is 3.69. The van der Waals surface area contributed by atoms with E-state index in [1.165, 1.54) is 35.6 Å². The maximum atomic E-state index is 10.4. The van der Waals surface area contributed by atoms with Crippen molar-refractivity contribution in [1.29, 1.82) is 0 Å². The van der Waals surface area contributed by atoms with Gasteiger partial charge in [0.15, 0.2) is 0 Å². The van der Waals surface area contributed by atoms with E-state index in [9.17, 15) is 5.11 Å². The maximum absolute atomic E-state index is 10.4. The maximum Gasteiger partial charge on any atom is 0.120 e. The lowest BCUT2D eigenvalue weighted by atomic mass is 9.90. The number of nitrogens with zero attached hydrogens (tertiary/aromatic N) is 1. The molecule has 0 amide bonds. The van der Waals surface area contributed by atoms with Gasteiger partial charge >= 0.3 is 0 Å². The Labute approximate surface area is 149 Å². The fraction of sp³-hybridized carbons (Fsp3) is 0.304. The van der Waals surface area contributed by atoms with E-state index in [2.05, 4.69) is 59.5 Å². The second-order valence-corrected chi connectivity index (χ2v) is 7.19. The summed E-state index contributed by atoms with van der Waals surface area (Å²) in [4.78, 5) is 2.49. The molecule has 1 heterocycles. The van der Waals surface area contributed by atoms with E-state index in [0.29, 0.717) is 5.75 Å². The van der Waals surface area contributed by atoms with Gasteiger partial charge in [0, 0.05) is 12.1 Å². The summed E-state index contributed by atoms with van der Waals surface area (Å²) in [6, 6.07) is 23.0. The molecule has 3 aromatic carbocycles. The van der Waals surface area contributed by atoms with Gasteiger partial charge in [-0.25, -0.2) is 0 Å². The first-order valence-electron chi connectivity index (χ1n) is 9.25. The molecule has 2 nitrogen and oxygen atoms in total. The molecule has 2 heteroatoms. The van der Waals surface area contributed by atoms with Gasteiger partial charge in [0.05, 0.1) is 0 Å². The van der Waals surface area contributed by atoms with Crippen molar-refractivity contribution >= 4 is 10.8 Å². The summed E-state index contributed by atoms with van der Waals surface area (Å²) in [7, 11) is 0. The van der Waals surface area contributed by atoms with E-state index in [4.69, 9.17) is 0 Å². The van der Waals surface area contributed by atoms with Crippen LogP contribution in [-0.4, -0.2) is 23.1 Å². The van der Waals surface area contributed by atoms with Crippen LogP contribution >= 0.6 is 0 Å². The summed E-state index contributed by atoms with van der Waals surface area (Å²) in [5, 5.41) is 12.7. The summed E-state index contributed by atoms with van der Waals surface area (Å²) in [5.41, 5.74) is 2.52. The van der Waals surface area contributed by atoms with Gasteiger partial charge in [0.2, 0.25) is 0 Å². The number of rotatable bonds is 4. The Hall–Kier alpha value is -2.32. The molecule has 0 unspecified atom stereocenters. The number of phenolic OH excluding ortho intramolecular Hbond substituents is 1. The Bertz CT molecular complexity index is 835. The molecule has 1 aliphatic rings. The fourth-order valence-electron chi connectivity index (χ4n) is 4.01. The van der Waals surface area contributed by atoms with E-state index in [-0.39, 0.29) is 0 Å². The number of fused-ring (bicyclic) bond motifs is 1. The van der Waals surface area contributed by atoms with Crippen LogP contribution in [0.15, 0.2) is 66.7 Å². The van der Waals surface area contributed by atoms with Crippen molar-refractivity contribution in [2.24, 2.45) is 5.92 Å². The molecule has 0 saturated carbocycles. The van der Waals surface area contributed by atoms with Gasteiger partial charge in [-0.1, -0.05) is 60.7 Å². The Morgan fingerprint density at radius 1 is 0.840 bits per heavy atom. The largest absolute Gasteiger partial charge is 0.508 e. The van der Waals surface area contributed by atoms with Gasteiger partial charge in [-0.05, 0) is 60.7 Å². The molecule has 0 spiro atoms. The number of benzene rings is 3. The normalized spacial score (nSPS) is 16.3. The summed E-state index contributed by atoms with van der Waals surface area (Å²) >= 11 is 0. The lowest BCUT2D eigenvalue weighted by Gasteiger charge is -2.32. The lowest BCUT2D eigenvalue weighted by Crippen LogP contribution is -2.33. The molecule has 1 saturated heterocycles. The molecule has 4 rings (SSSR count). The average molecular weight is 331 g/mol. The predicted octanol–water partition coefficient (Wildman–Crippen LogP) is 5.00. The first-order valence-corrected chi connectivity index (χ1v) is 9.25. The number of hydrogen-bond donors (Lipinski definition) is 1. The number of phenols is 1. The van der Waals surface area contributed by atoms with Crippen LogP contribution in [0.5, 0.6) is 5.75 Å². The highest BCUT2D eigenvalue weighted by Gasteiger charge is 2.21. The van der Waals surface area contributed by atoms with Gasteiger partial charge < -0.3 is 5.11 Å². The molecule has 1 aliphatic heterocycles. The zero-order chi connectivity index (χ0) is 17.1. The van der Waals surface area contributed by atoms with Crippen LogP contribution in [0, 0.1) is 5.92 Å². The summed E-state index contributed by atoms with van der Waals surface area (Å²) < 4.78 is 0. The number of aromatic hydroxyl groups is 1. The molecule has 1 N–H and O–H groups in total. The van der Waals surface area contributed by atoms with Crippen molar-refractivity contribution in [3.05, 3.63) is 77.9 Å². The molecule has 1 fully saturated rings. The molecular formula is C23H25NO. The highest BCUT2D eigenvalue weighted by molar-refractivity contribution is 5.87. The third-order valence-corrected chi connectivity index (χ3v) is 5.47. The topological polar surface area (TPSA) is 23.5 Å². The van der Waals surface area contributed by atoms with Crippen LogP contribution in [0.3, 0.4) is 0 Å². The minimum Gasteiger partial charge on any atom is -0.508 e. The van der Waals surface area contributed by atoms with Crippen LogP contribution in [-0.2, 0) is 13.0 Å². The van der Waals surface area contributed by atoms with E-state index < -0.39 is 0 Å². The molecule has 0 bridgehead atoms. The van der Waals surface area contributed by atoms with Gasteiger partial charge in [-0.3, -0.25) is 4.90 Å². The lowest BCUT2D eigenvalue weighted by molar-refractivity contribution is 0.176. The summed E-state index contributed by atoms with van der Waals surface area (Å²) in [6.45, 7) is 3.06. The molecule has 0 aliphatic carbocycles. The monoisotopic (exact) mass is 331 g/mol. The molecule has 3 aromatic rings. The van der Waals surface area contributed by atoms with Crippen molar-refractivity contribution in [2.45, 2.75) is 25.8 Å². The molecule has 128 valence electrons. The minimum absolute atomic E-state index is 0.421. The Morgan fingerprint density at radius 3 is 2.36 bits per heavy atom. The first kappa shape index (κ1) is 16.2. The number of likely N-dealkylation sites (tertiary alicyclic amines) is 1. The number of hydrogen-bond acceptors (Lipinski definition) is 2. The van der Waals surface area contributed by atoms with Crippen molar-refractivity contribution in [3.8, 4) is 5.75 Å². The standard InChI is InChI=1S/C23H25NO/c25-23-11-10-20-8-4-5-9-21(20)22(23)17-24-14-12-19(13-15-24)16-18-6-2-1-3-7-18/h1-11,19,25H,12-17H2. The molecule has 0 atom stereocenters. The second kappa shape index (κ2) is 7.28. The summed E-state index contributed by atoms with van der Waals surface area (Å²) in [5.74, 6) is 1.20. The Kier molecular flexibility index (Phi) is 4.71. The smallest absolute Gasteiger partial charge is 0.120 e. The van der Waals surface area contributed by atoms with Crippen LogP contribution < -0.4 is 0 Å². The van der Waals surface area contributed by atoms with Crippen molar-refractivity contribution in [2.75, 3.05) is 13.1 Å².